The largest absolute Gasteiger partial charge is 0.490 e. The van der Waals surface area contributed by atoms with Gasteiger partial charge in [0.15, 0.2) is 17.5 Å². The first-order valence-electron chi connectivity index (χ1n) is 8.34. The van der Waals surface area contributed by atoms with Gasteiger partial charge in [-0.15, -0.1) is 35.7 Å². The predicted octanol–water partition coefficient (Wildman–Crippen LogP) is 4.16. The van der Waals surface area contributed by atoms with Crippen molar-refractivity contribution in [3.8, 4) is 11.5 Å². The first kappa shape index (κ1) is 20.7. The third-order valence-electron chi connectivity index (χ3n) is 3.86. The summed E-state index contributed by atoms with van der Waals surface area (Å²) in [5, 5.41) is 3.11. The Balaban J connectivity index is 0.00000243. The number of aliphatic imine (C=N–C) groups is 1. The molecule has 3 N–H and O–H groups in total. The van der Waals surface area contributed by atoms with Gasteiger partial charge in [0.05, 0.1) is 13.2 Å². The summed E-state index contributed by atoms with van der Waals surface area (Å²) >= 11 is 1.74. The first-order valence-corrected chi connectivity index (χ1v) is 9.56. The van der Waals surface area contributed by atoms with Crippen molar-refractivity contribution >= 4 is 47.4 Å². The topological polar surface area (TPSA) is 68.9 Å². The summed E-state index contributed by atoms with van der Waals surface area (Å²) in [6.07, 6.45) is 3.82. The lowest BCUT2D eigenvalue weighted by atomic mass is 10.1. The molecule has 0 radical (unpaired) electrons. The van der Waals surface area contributed by atoms with Crippen LogP contribution in [0.15, 0.2) is 52.4 Å². The van der Waals surface area contributed by atoms with Gasteiger partial charge >= 0.3 is 0 Å². The van der Waals surface area contributed by atoms with Crippen LogP contribution in [0.5, 0.6) is 11.5 Å². The normalized spacial score (nSPS) is 13.5. The zero-order valence-electron chi connectivity index (χ0n) is 14.7. The van der Waals surface area contributed by atoms with Crippen molar-refractivity contribution in [3.05, 3.63) is 48.0 Å². The smallest absolute Gasteiger partial charge is 0.193 e. The molecule has 2 aromatic carbocycles. The van der Waals surface area contributed by atoms with Crippen molar-refractivity contribution in [2.45, 2.75) is 17.7 Å². The number of ether oxygens (including phenoxy) is 2. The maximum Gasteiger partial charge on any atom is 0.193 e. The summed E-state index contributed by atoms with van der Waals surface area (Å²) in [6, 6.07) is 14.2. The molecule has 0 bridgehead atoms. The third-order valence-corrected chi connectivity index (χ3v) is 4.61. The van der Waals surface area contributed by atoms with Crippen molar-refractivity contribution in [2.75, 3.05) is 31.3 Å². The molecular formula is C19H24IN3O2S. The van der Waals surface area contributed by atoms with Gasteiger partial charge in [-0.1, -0.05) is 12.1 Å². The minimum Gasteiger partial charge on any atom is -0.490 e. The van der Waals surface area contributed by atoms with E-state index in [1.807, 2.05) is 18.2 Å². The Morgan fingerprint density at radius 3 is 2.58 bits per heavy atom. The number of anilines is 1. The lowest BCUT2D eigenvalue weighted by Crippen LogP contribution is -2.23. The summed E-state index contributed by atoms with van der Waals surface area (Å²) in [5.41, 5.74) is 8.08. The molecule has 140 valence electrons. The number of guanidine groups is 1. The number of fused-ring (bicyclic) bond motifs is 1. The highest BCUT2D eigenvalue weighted by Crippen LogP contribution is 2.32. The van der Waals surface area contributed by atoms with Crippen LogP contribution in [0.25, 0.3) is 0 Å². The van der Waals surface area contributed by atoms with Crippen LogP contribution in [0.3, 0.4) is 0 Å². The fraction of sp³-hybridized carbons (Fsp3) is 0.316. The molecule has 0 aromatic heterocycles. The molecule has 7 heteroatoms. The fourth-order valence-electron chi connectivity index (χ4n) is 2.53. The molecule has 1 heterocycles. The predicted molar refractivity (Wildman–Crippen MR) is 120 cm³/mol. The van der Waals surface area contributed by atoms with Crippen molar-refractivity contribution in [3.63, 3.8) is 0 Å². The number of nitrogens with zero attached hydrogens (tertiary/aromatic N) is 1. The van der Waals surface area contributed by atoms with Crippen LogP contribution < -0.4 is 20.5 Å². The highest BCUT2D eigenvalue weighted by molar-refractivity contribution is 14.0. The standard InChI is InChI=1S/C19H23N3O2S.HI/c1-25-16-6-3-14(4-7-16)9-10-21-19(20)22-15-5-8-17-18(13-15)24-12-2-11-23-17;/h3-8,13H,2,9-12H2,1H3,(H3,20,21,22);1H. The number of nitrogens with two attached hydrogens (primary N) is 1. The molecule has 0 fully saturated rings. The van der Waals surface area contributed by atoms with Gasteiger partial charge in [-0.25, -0.2) is 0 Å². The minimum absolute atomic E-state index is 0. The van der Waals surface area contributed by atoms with Crippen molar-refractivity contribution in [1.82, 2.24) is 0 Å². The Hall–Kier alpha value is -1.61. The van der Waals surface area contributed by atoms with Crippen LogP contribution in [0.2, 0.25) is 0 Å². The van der Waals surface area contributed by atoms with Crippen molar-refractivity contribution < 1.29 is 9.47 Å². The van der Waals surface area contributed by atoms with Gasteiger partial charge in [-0.3, -0.25) is 4.99 Å². The van der Waals surface area contributed by atoms with Gasteiger partial charge in [0.1, 0.15) is 0 Å². The Morgan fingerprint density at radius 2 is 1.85 bits per heavy atom. The Morgan fingerprint density at radius 1 is 1.12 bits per heavy atom. The Bertz CT molecular complexity index is 738. The van der Waals surface area contributed by atoms with E-state index in [4.69, 9.17) is 15.2 Å². The van der Waals surface area contributed by atoms with E-state index in [1.54, 1.807) is 11.8 Å². The Kier molecular flexibility index (Phi) is 8.37. The summed E-state index contributed by atoms with van der Waals surface area (Å²) in [6.45, 7) is 1.98. The SMILES string of the molecule is CSc1ccc(CCN=C(N)Nc2ccc3c(c2)OCCCO3)cc1.I. The summed E-state index contributed by atoms with van der Waals surface area (Å²) in [4.78, 5) is 5.66. The van der Waals surface area contributed by atoms with Gasteiger partial charge < -0.3 is 20.5 Å². The van der Waals surface area contributed by atoms with E-state index < -0.39 is 0 Å². The molecule has 5 nitrogen and oxygen atoms in total. The average molecular weight is 485 g/mol. The van der Waals surface area contributed by atoms with E-state index in [1.165, 1.54) is 10.5 Å². The van der Waals surface area contributed by atoms with E-state index in [2.05, 4.69) is 40.8 Å². The lowest BCUT2D eigenvalue weighted by Gasteiger charge is -2.10. The number of rotatable bonds is 5. The highest BCUT2D eigenvalue weighted by atomic mass is 127. The summed E-state index contributed by atoms with van der Waals surface area (Å²) < 4.78 is 11.3. The molecule has 0 atom stereocenters. The molecule has 0 spiro atoms. The van der Waals surface area contributed by atoms with E-state index in [0.717, 1.165) is 30.0 Å². The molecule has 0 unspecified atom stereocenters. The second-order valence-corrected chi connectivity index (χ2v) is 6.58. The molecule has 1 aliphatic rings. The molecule has 1 aliphatic heterocycles. The molecule has 26 heavy (non-hydrogen) atoms. The number of hydrogen-bond donors (Lipinski definition) is 2. The van der Waals surface area contributed by atoms with Gasteiger partial charge in [0, 0.05) is 29.6 Å². The van der Waals surface area contributed by atoms with Crippen LogP contribution >= 0.6 is 35.7 Å². The second kappa shape index (κ2) is 10.5. The van der Waals surface area contributed by atoms with Crippen molar-refractivity contribution in [2.24, 2.45) is 10.7 Å². The molecule has 3 rings (SSSR count). The lowest BCUT2D eigenvalue weighted by molar-refractivity contribution is 0.297. The molecular weight excluding hydrogens is 461 g/mol. The minimum atomic E-state index is 0. The van der Waals surface area contributed by atoms with Crippen LogP contribution in [-0.4, -0.2) is 32.0 Å². The van der Waals surface area contributed by atoms with E-state index in [-0.39, 0.29) is 24.0 Å². The van der Waals surface area contributed by atoms with Crippen LogP contribution in [-0.2, 0) is 6.42 Å². The maximum absolute atomic E-state index is 5.99. The number of thioether (sulfide) groups is 1. The number of nitrogens with one attached hydrogen (secondary N) is 1. The second-order valence-electron chi connectivity index (χ2n) is 5.70. The fourth-order valence-corrected chi connectivity index (χ4v) is 2.93. The van der Waals surface area contributed by atoms with Gasteiger partial charge in [0.25, 0.3) is 0 Å². The van der Waals surface area contributed by atoms with Crippen LogP contribution in [0, 0.1) is 0 Å². The molecule has 0 saturated heterocycles. The first-order chi connectivity index (χ1) is 12.2. The average Bonchev–Trinajstić information content (AvgIpc) is 2.87. The molecule has 0 aliphatic carbocycles. The maximum atomic E-state index is 5.99. The van der Waals surface area contributed by atoms with E-state index in [9.17, 15) is 0 Å². The monoisotopic (exact) mass is 485 g/mol. The zero-order valence-corrected chi connectivity index (χ0v) is 17.9. The van der Waals surface area contributed by atoms with Crippen LogP contribution in [0.4, 0.5) is 5.69 Å². The molecule has 2 aromatic rings. The number of hydrogen-bond acceptors (Lipinski definition) is 4. The Labute approximate surface area is 175 Å². The zero-order chi connectivity index (χ0) is 17.5. The van der Waals surface area contributed by atoms with Crippen LogP contribution in [0.1, 0.15) is 12.0 Å². The van der Waals surface area contributed by atoms with E-state index in [0.29, 0.717) is 25.7 Å². The van der Waals surface area contributed by atoms with Crippen molar-refractivity contribution in [1.29, 1.82) is 0 Å². The summed E-state index contributed by atoms with van der Waals surface area (Å²) in [7, 11) is 0. The quantitative estimate of drug-likeness (QED) is 0.288. The third kappa shape index (κ3) is 5.98. The number of halogens is 1. The summed E-state index contributed by atoms with van der Waals surface area (Å²) in [5.74, 6) is 1.91. The van der Waals surface area contributed by atoms with Gasteiger partial charge in [0.2, 0.25) is 0 Å². The van der Waals surface area contributed by atoms with E-state index >= 15 is 0 Å². The van der Waals surface area contributed by atoms with Gasteiger partial charge in [-0.2, -0.15) is 0 Å². The molecule has 0 saturated carbocycles. The van der Waals surface area contributed by atoms with Gasteiger partial charge in [-0.05, 0) is 42.5 Å². The molecule has 0 amide bonds. The highest BCUT2D eigenvalue weighted by Gasteiger charge is 2.10. The number of benzene rings is 2.